The largest absolute Gasteiger partial charge is 0.369 e. The van der Waals surface area contributed by atoms with E-state index in [1.165, 1.54) is 12.0 Å². The zero-order chi connectivity index (χ0) is 12.6. The van der Waals surface area contributed by atoms with Crippen LogP contribution in [0.2, 0.25) is 0 Å². The lowest BCUT2D eigenvalue weighted by Crippen LogP contribution is -2.70. The van der Waals surface area contributed by atoms with Crippen LogP contribution in [0.4, 0.5) is 0 Å². The van der Waals surface area contributed by atoms with Gasteiger partial charge >= 0.3 is 0 Å². The van der Waals surface area contributed by atoms with Crippen molar-refractivity contribution in [3.05, 3.63) is 0 Å². The molecule has 17 heavy (non-hydrogen) atoms. The Kier molecular flexibility index (Phi) is 3.20. The molecule has 2 fully saturated rings. The summed E-state index contributed by atoms with van der Waals surface area (Å²) < 4.78 is 16.3. The van der Waals surface area contributed by atoms with Gasteiger partial charge in [0.2, 0.25) is 0 Å². The van der Waals surface area contributed by atoms with Crippen LogP contribution in [0.15, 0.2) is 0 Å². The maximum Gasteiger partial charge on any atom is 0.254 e. The van der Waals surface area contributed by atoms with Crippen LogP contribution < -0.4 is 0 Å². The number of hydrogen-bond donors (Lipinski definition) is 0. The van der Waals surface area contributed by atoms with E-state index < -0.39 is 11.9 Å². The molecule has 3 atom stereocenters. The minimum Gasteiger partial charge on any atom is -0.369 e. The van der Waals surface area contributed by atoms with Gasteiger partial charge in [-0.2, -0.15) is 0 Å². The monoisotopic (exact) mass is 243 g/mol. The summed E-state index contributed by atoms with van der Waals surface area (Å²) in [6.07, 6.45) is -0.0670. The molecule has 0 spiro atoms. The molecule has 0 aromatic rings. The molecule has 1 amide bonds. The minimum atomic E-state index is -0.644. The summed E-state index contributed by atoms with van der Waals surface area (Å²) in [4.78, 5) is 23.7. The zero-order valence-electron chi connectivity index (χ0n) is 10.2. The smallest absolute Gasteiger partial charge is 0.254 e. The van der Waals surface area contributed by atoms with Crippen molar-refractivity contribution in [3.63, 3.8) is 0 Å². The van der Waals surface area contributed by atoms with Crippen LogP contribution in [-0.2, 0) is 23.8 Å². The van der Waals surface area contributed by atoms with Gasteiger partial charge in [0, 0.05) is 7.11 Å². The Bertz CT molecular complexity index is 330. The summed E-state index contributed by atoms with van der Waals surface area (Å²) in [5.74, 6) is -0.813. The van der Waals surface area contributed by atoms with Gasteiger partial charge < -0.3 is 23.9 Å². The second-order valence-electron chi connectivity index (χ2n) is 4.67. The summed E-state index contributed by atoms with van der Waals surface area (Å²) in [6, 6.07) is -0.237. The first kappa shape index (κ1) is 12.5. The minimum absolute atomic E-state index is 0.0731. The molecule has 0 saturated carbocycles. The van der Waals surface area contributed by atoms with E-state index in [9.17, 15) is 9.59 Å². The van der Waals surface area contributed by atoms with Crippen LogP contribution in [0.3, 0.4) is 0 Å². The number of rotatable bonds is 4. The first-order chi connectivity index (χ1) is 8.00. The number of aldehydes is 1. The van der Waals surface area contributed by atoms with Crippen molar-refractivity contribution in [1.29, 1.82) is 0 Å². The molecule has 2 rings (SSSR count). The molecule has 6 heteroatoms. The Morgan fingerprint density at radius 1 is 1.59 bits per heavy atom. The van der Waals surface area contributed by atoms with Crippen LogP contribution >= 0.6 is 0 Å². The standard InChI is InChI=1S/C11H17NO5/c1-11(2)16-6-7(17-11)8-9(15-3)10(14)12(8)4-5-13/h5,7-9H,4,6H2,1-3H3/t7-,8+,9-/m1/s1. The number of hydrogen-bond acceptors (Lipinski definition) is 5. The molecule has 2 heterocycles. The third-order valence-corrected chi connectivity index (χ3v) is 3.13. The van der Waals surface area contributed by atoms with Gasteiger partial charge in [-0.3, -0.25) is 4.79 Å². The highest BCUT2D eigenvalue weighted by atomic mass is 16.7. The molecule has 0 unspecified atom stereocenters. The van der Waals surface area contributed by atoms with Gasteiger partial charge in [-0.05, 0) is 13.8 Å². The molecule has 0 bridgehead atoms. The summed E-state index contributed by atoms with van der Waals surface area (Å²) in [7, 11) is 1.48. The molecule has 0 aromatic heterocycles. The van der Waals surface area contributed by atoms with Gasteiger partial charge in [0.15, 0.2) is 11.9 Å². The molecule has 2 saturated heterocycles. The fourth-order valence-electron chi connectivity index (χ4n) is 2.35. The van der Waals surface area contributed by atoms with E-state index in [1.807, 2.05) is 13.8 Å². The maximum absolute atomic E-state index is 11.7. The van der Waals surface area contributed by atoms with Crippen molar-refractivity contribution in [2.45, 2.75) is 37.9 Å². The topological polar surface area (TPSA) is 65.1 Å². The molecule has 6 nitrogen and oxygen atoms in total. The van der Waals surface area contributed by atoms with Crippen molar-refractivity contribution in [2.75, 3.05) is 20.3 Å². The molecule has 96 valence electrons. The van der Waals surface area contributed by atoms with Gasteiger partial charge in [-0.15, -0.1) is 0 Å². The molecule has 0 N–H and O–H groups in total. The third-order valence-electron chi connectivity index (χ3n) is 3.13. The lowest BCUT2D eigenvalue weighted by molar-refractivity contribution is -0.192. The van der Waals surface area contributed by atoms with Crippen molar-refractivity contribution in [2.24, 2.45) is 0 Å². The first-order valence-electron chi connectivity index (χ1n) is 5.59. The van der Waals surface area contributed by atoms with Gasteiger partial charge in [-0.25, -0.2) is 0 Å². The van der Waals surface area contributed by atoms with Crippen LogP contribution in [0.25, 0.3) is 0 Å². The molecule has 0 aromatic carbocycles. The highest BCUT2D eigenvalue weighted by Crippen LogP contribution is 2.33. The fourth-order valence-corrected chi connectivity index (χ4v) is 2.35. The quantitative estimate of drug-likeness (QED) is 0.495. The van der Waals surface area contributed by atoms with E-state index in [2.05, 4.69) is 0 Å². The number of likely N-dealkylation sites (tertiary alicyclic amines) is 1. The summed E-state index contributed by atoms with van der Waals surface area (Å²) in [6.45, 7) is 4.11. The Labute approximate surface area is 99.8 Å². The van der Waals surface area contributed by atoms with E-state index in [-0.39, 0.29) is 24.6 Å². The highest BCUT2D eigenvalue weighted by Gasteiger charge is 2.54. The molecule has 2 aliphatic rings. The molecular weight excluding hydrogens is 226 g/mol. The molecular formula is C11H17NO5. The van der Waals surface area contributed by atoms with Crippen molar-refractivity contribution < 1.29 is 23.8 Å². The number of carbonyl (C=O) groups excluding carboxylic acids is 2. The predicted octanol–water partition coefficient (Wildman–Crippen LogP) is -0.437. The van der Waals surface area contributed by atoms with E-state index >= 15 is 0 Å². The van der Waals surface area contributed by atoms with Crippen LogP contribution in [-0.4, -0.2) is 61.4 Å². The van der Waals surface area contributed by atoms with E-state index in [0.29, 0.717) is 12.9 Å². The Morgan fingerprint density at radius 2 is 2.29 bits per heavy atom. The lowest BCUT2D eigenvalue weighted by Gasteiger charge is -2.47. The summed E-state index contributed by atoms with van der Waals surface area (Å²) in [5, 5.41) is 0. The lowest BCUT2D eigenvalue weighted by atomic mass is 9.93. The highest BCUT2D eigenvalue weighted by molar-refractivity contribution is 5.90. The number of nitrogens with zero attached hydrogens (tertiary/aromatic N) is 1. The van der Waals surface area contributed by atoms with Crippen molar-refractivity contribution in [3.8, 4) is 0 Å². The van der Waals surface area contributed by atoms with Gasteiger partial charge in [-0.1, -0.05) is 0 Å². The molecule has 0 aliphatic carbocycles. The normalized spacial score (nSPS) is 35.8. The van der Waals surface area contributed by atoms with Gasteiger partial charge in [0.1, 0.15) is 12.4 Å². The van der Waals surface area contributed by atoms with Crippen molar-refractivity contribution >= 4 is 12.2 Å². The number of carbonyl (C=O) groups is 2. The second-order valence-corrected chi connectivity index (χ2v) is 4.67. The average Bonchev–Trinajstić information content (AvgIpc) is 2.62. The Balaban J connectivity index is 2.07. The SMILES string of the molecule is CO[C@H]1C(=O)N(CC=O)[C@H]1[C@H]1COC(C)(C)O1. The first-order valence-corrected chi connectivity index (χ1v) is 5.59. The van der Waals surface area contributed by atoms with Crippen molar-refractivity contribution in [1.82, 2.24) is 4.90 Å². The van der Waals surface area contributed by atoms with Crippen LogP contribution in [0.1, 0.15) is 13.8 Å². The van der Waals surface area contributed by atoms with E-state index in [0.717, 1.165) is 0 Å². The maximum atomic E-state index is 11.7. The summed E-state index contributed by atoms with van der Waals surface area (Å²) in [5.41, 5.74) is 0. The molecule has 2 aliphatic heterocycles. The van der Waals surface area contributed by atoms with E-state index in [1.54, 1.807) is 0 Å². The summed E-state index contributed by atoms with van der Waals surface area (Å²) >= 11 is 0. The number of β-lactam (4-membered cyclic amide) rings is 1. The Hall–Kier alpha value is -0.980. The average molecular weight is 243 g/mol. The second kappa shape index (κ2) is 4.36. The third kappa shape index (κ3) is 2.08. The predicted molar refractivity (Wildman–Crippen MR) is 57.3 cm³/mol. The zero-order valence-corrected chi connectivity index (χ0v) is 10.2. The molecule has 0 radical (unpaired) electrons. The van der Waals surface area contributed by atoms with E-state index in [4.69, 9.17) is 14.2 Å². The van der Waals surface area contributed by atoms with Crippen LogP contribution in [0.5, 0.6) is 0 Å². The van der Waals surface area contributed by atoms with Gasteiger partial charge in [0.25, 0.3) is 5.91 Å². The number of amides is 1. The van der Waals surface area contributed by atoms with Gasteiger partial charge in [0.05, 0.1) is 19.2 Å². The van der Waals surface area contributed by atoms with Crippen LogP contribution in [0, 0.1) is 0 Å². The Morgan fingerprint density at radius 3 is 2.76 bits per heavy atom. The number of methoxy groups -OCH3 is 1. The fraction of sp³-hybridized carbons (Fsp3) is 0.818. The number of ether oxygens (including phenoxy) is 3.